The van der Waals surface area contributed by atoms with Crippen LogP contribution in [-0.2, 0) is 10.0 Å². The number of hydrogen-bond donors (Lipinski definition) is 1. The van der Waals surface area contributed by atoms with E-state index >= 15 is 0 Å². The lowest BCUT2D eigenvalue weighted by atomic mass is 10.2. The molecule has 0 amide bonds. The average Bonchev–Trinajstić information content (AvgIpc) is 2.41. The highest BCUT2D eigenvalue weighted by molar-refractivity contribution is 7.92. The molecule has 0 spiro atoms. The lowest BCUT2D eigenvalue weighted by molar-refractivity contribution is 0.111. The zero-order valence-electron chi connectivity index (χ0n) is 11.9. The summed E-state index contributed by atoms with van der Waals surface area (Å²) in [5.41, 5.74) is 0.158. The molecule has 0 heterocycles. The van der Waals surface area contributed by atoms with Gasteiger partial charge in [-0.3, -0.25) is 9.52 Å². The van der Waals surface area contributed by atoms with Crippen LogP contribution in [0.1, 0.15) is 21.5 Å². The molecule has 1 N–H and O–H groups in total. The lowest BCUT2D eigenvalue weighted by Crippen LogP contribution is -2.15. The minimum atomic E-state index is -4.05. The van der Waals surface area contributed by atoms with Gasteiger partial charge in [-0.25, -0.2) is 17.2 Å². The van der Waals surface area contributed by atoms with Crippen LogP contribution in [0.25, 0.3) is 0 Å². The van der Waals surface area contributed by atoms with Gasteiger partial charge in [0, 0.05) is 0 Å². The molecule has 2 rings (SSSR count). The Balaban J connectivity index is 2.47. The van der Waals surface area contributed by atoms with Crippen molar-refractivity contribution in [1.82, 2.24) is 0 Å². The average molecular weight is 325 g/mol. The molecule has 0 atom stereocenters. The van der Waals surface area contributed by atoms with E-state index in [1.807, 2.05) is 4.72 Å². The van der Waals surface area contributed by atoms with Gasteiger partial charge in [-0.1, -0.05) is 6.07 Å². The Kier molecular flexibility index (Phi) is 4.27. The van der Waals surface area contributed by atoms with Gasteiger partial charge in [0.05, 0.1) is 16.1 Å². The summed E-state index contributed by atoms with van der Waals surface area (Å²) in [5.74, 6) is -2.30. The first-order valence-corrected chi connectivity index (χ1v) is 7.77. The molecule has 0 aromatic heterocycles. The van der Waals surface area contributed by atoms with E-state index in [0.717, 1.165) is 23.3 Å². The van der Waals surface area contributed by atoms with Gasteiger partial charge < -0.3 is 0 Å². The fraction of sp³-hybridized carbons (Fsp3) is 0.133. The molecule has 0 unspecified atom stereocenters. The van der Waals surface area contributed by atoms with E-state index in [1.165, 1.54) is 12.1 Å². The van der Waals surface area contributed by atoms with Crippen molar-refractivity contribution >= 4 is 22.0 Å². The molecule has 0 aliphatic carbocycles. The molecule has 0 aliphatic rings. The van der Waals surface area contributed by atoms with E-state index in [0.29, 0.717) is 0 Å². The largest absolute Gasteiger partial charge is 0.298 e. The first-order valence-electron chi connectivity index (χ1n) is 6.29. The summed E-state index contributed by atoms with van der Waals surface area (Å²) < 4.78 is 53.8. The van der Waals surface area contributed by atoms with Gasteiger partial charge in [0.2, 0.25) is 0 Å². The quantitative estimate of drug-likeness (QED) is 0.878. The molecular weight excluding hydrogens is 312 g/mol. The maximum Gasteiger partial charge on any atom is 0.262 e. The van der Waals surface area contributed by atoms with Gasteiger partial charge in [0.25, 0.3) is 10.0 Å². The van der Waals surface area contributed by atoms with Gasteiger partial charge in [-0.2, -0.15) is 0 Å². The number of rotatable bonds is 4. The highest BCUT2D eigenvalue weighted by Gasteiger charge is 2.20. The summed E-state index contributed by atoms with van der Waals surface area (Å²) >= 11 is 0. The van der Waals surface area contributed by atoms with Crippen LogP contribution in [0.5, 0.6) is 0 Å². The van der Waals surface area contributed by atoms with E-state index in [9.17, 15) is 22.0 Å². The number of carbonyl (C=O) groups excluding carboxylic acids is 1. The number of carbonyl (C=O) groups is 1. The molecule has 4 nitrogen and oxygen atoms in total. The van der Waals surface area contributed by atoms with Gasteiger partial charge in [0.1, 0.15) is 5.82 Å². The normalized spacial score (nSPS) is 11.3. The van der Waals surface area contributed by atoms with Crippen molar-refractivity contribution in [3.05, 3.63) is 58.7 Å². The number of sulfonamides is 1. The zero-order chi connectivity index (χ0) is 16.5. The number of aryl methyl sites for hydroxylation is 2. The molecule has 7 heteroatoms. The summed E-state index contributed by atoms with van der Waals surface area (Å²) in [5, 5.41) is 0. The number of anilines is 1. The highest BCUT2D eigenvalue weighted by atomic mass is 32.2. The molecule has 0 fully saturated rings. The van der Waals surface area contributed by atoms with Crippen LogP contribution < -0.4 is 4.72 Å². The Morgan fingerprint density at radius 3 is 2.18 bits per heavy atom. The summed E-state index contributed by atoms with van der Waals surface area (Å²) in [6.45, 7) is 3.46. The van der Waals surface area contributed by atoms with E-state index < -0.39 is 32.9 Å². The van der Waals surface area contributed by atoms with Gasteiger partial charge >= 0.3 is 0 Å². The molecule has 0 aliphatic heterocycles. The van der Waals surface area contributed by atoms with Crippen molar-refractivity contribution in [1.29, 1.82) is 0 Å². The van der Waals surface area contributed by atoms with Gasteiger partial charge in [-0.05, 0) is 49.2 Å². The Morgan fingerprint density at radius 2 is 1.64 bits per heavy atom. The zero-order valence-corrected chi connectivity index (χ0v) is 12.7. The summed E-state index contributed by atoms with van der Waals surface area (Å²) in [6.07, 6.45) is -0.000715. The van der Waals surface area contributed by atoms with E-state index in [4.69, 9.17) is 0 Å². The van der Waals surface area contributed by atoms with E-state index in [2.05, 4.69) is 0 Å². The predicted molar refractivity (Wildman–Crippen MR) is 78.5 cm³/mol. The molecule has 0 saturated heterocycles. The molecular formula is C15H13F2NO3S. The van der Waals surface area contributed by atoms with Gasteiger partial charge in [0.15, 0.2) is 12.1 Å². The SMILES string of the molecule is Cc1cc(C)cc(S(=O)(=O)Nc2ccc(F)c(C=O)c2F)c1. The van der Waals surface area contributed by atoms with E-state index in [-0.39, 0.29) is 11.2 Å². The van der Waals surface area contributed by atoms with Crippen molar-refractivity contribution < 1.29 is 22.0 Å². The third-order valence-corrected chi connectivity index (χ3v) is 4.34. The lowest BCUT2D eigenvalue weighted by Gasteiger charge is -2.11. The van der Waals surface area contributed by atoms with Crippen molar-refractivity contribution in [2.24, 2.45) is 0 Å². The maximum atomic E-state index is 13.9. The molecule has 0 bridgehead atoms. The fourth-order valence-electron chi connectivity index (χ4n) is 2.05. The third-order valence-electron chi connectivity index (χ3n) is 2.99. The highest BCUT2D eigenvalue weighted by Crippen LogP contribution is 2.24. The number of nitrogens with one attached hydrogen (secondary N) is 1. The van der Waals surface area contributed by atoms with Crippen LogP contribution in [0.2, 0.25) is 0 Å². The third kappa shape index (κ3) is 3.14. The number of hydrogen-bond acceptors (Lipinski definition) is 3. The van der Waals surface area contributed by atoms with Crippen LogP contribution in [0, 0.1) is 25.5 Å². The number of halogens is 2. The van der Waals surface area contributed by atoms with E-state index in [1.54, 1.807) is 19.9 Å². The number of benzene rings is 2. The minimum Gasteiger partial charge on any atom is -0.298 e. The standard InChI is InChI=1S/C15H13F2NO3S/c1-9-5-10(2)7-11(6-9)22(20,21)18-14-4-3-13(16)12(8-19)15(14)17/h3-8,18H,1-2H3. The second kappa shape index (κ2) is 5.84. The van der Waals surface area contributed by atoms with Crippen molar-refractivity contribution in [2.75, 3.05) is 4.72 Å². The van der Waals surface area contributed by atoms with Crippen LogP contribution in [0.3, 0.4) is 0 Å². The second-order valence-corrected chi connectivity index (χ2v) is 6.55. The summed E-state index contributed by atoms with van der Waals surface area (Å²) in [7, 11) is -4.05. The Morgan fingerprint density at radius 1 is 1.05 bits per heavy atom. The van der Waals surface area contributed by atoms with Crippen LogP contribution in [-0.4, -0.2) is 14.7 Å². The summed E-state index contributed by atoms with van der Waals surface area (Å²) in [4.78, 5) is 10.6. The van der Waals surface area contributed by atoms with Gasteiger partial charge in [-0.15, -0.1) is 0 Å². The van der Waals surface area contributed by atoms with Crippen LogP contribution >= 0.6 is 0 Å². The second-order valence-electron chi connectivity index (χ2n) is 4.87. The first-order chi connectivity index (χ1) is 10.2. The Hall–Kier alpha value is -2.28. The predicted octanol–water partition coefficient (Wildman–Crippen LogP) is 3.19. The molecule has 22 heavy (non-hydrogen) atoms. The first kappa shape index (κ1) is 16.1. The monoisotopic (exact) mass is 325 g/mol. The van der Waals surface area contributed by atoms with Crippen molar-refractivity contribution in [3.63, 3.8) is 0 Å². The summed E-state index contributed by atoms with van der Waals surface area (Å²) in [6, 6.07) is 6.40. The van der Waals surface area contributed by atoms with Crippen LogP contribution in [0.15, 0.2) is 35.2 Å². The molecule has 2 aromatic rings. The number of aldehydes is 1. The van der Waals surface area contributed by atoms with Crippen molar-refractivity contribution in [2.45, 2.75) is 18.7 Å². The minimum absolute atomic E-state index is 0.000715. The molecule has 0 saturated carbocycles. The van der Waals surface area contributed by atoms with Crippen molar-refractivity contribution in [3.8, 4) is 0 Å². The molecule has 2 aromatic carbocycles. The van der Waals surface area contributed by atoms with Crippen LogP contribution in [0.4, 0.5) is 14.5 Å². The Labute approximate surface area is 126 Å². The maximum absolute atomic E-state index is 13.9. The topological polar surface area (TPSA) is 63.2 Å². The molecule has 116 valence electrons. The smallest absolute Gasteiger partial charge is 0.262 e. The Bertz CT molecular complexity index is 828. The fourth-order valence-corrected chi connectivity index (χ4v) is 3.30. The molecule has 0 radical (unpaired) electrons.